The lowest BCUT2D eigenvalue weighted by Crippen LogP contribution is -2.09. The van der Waals surface area contributed by atoms with E-state index in [4.69, 9.17) is 9.47 Å². The normalized spacial score (nSPS) is 10.5. The number of anilines is 1. The Morgan fingerprint density at radius 3 is 2.82 bits per heavy atom. The second-order valence-corrected chi connectivity index (χ2v) is 5.48. The summed E-state index contributed by atoms with van der Waals surface area (Å²) in [6, 6.07) is 3.94. The van der Waals surface area contributed by atoms with Gasteiger partial charge in [-0.1, -0.05) is 12.0 Å². The molecule has 0 atom stereocenters. The molecule has 8 heteroatoms. The number of hydrogen-bond donors (Lipinski definition) is 1. The van der Waals surface area contributed by atoms with Gasteiger partial charge in [0.15, 0.2) is 11.5 Å². The maximum atomic E-state index is 5.62. The number of hydrogen-bond acceptors (Lipinski definition) is 6. The predicted octanol–water partition coefficient (Wildman–Crippen LogP) is 2.87. The molecule has 1 N–H and O–H groups in total. The maximum Gasteiger partial charge on any atom is 0.243 e. The van der Waals surface area contributed by atoms with Crippen LogP contribution in [-0.4, -0.2) is 33.9 Å². The molecule has 0 radical (unpaired) electrons. The zero-order valence-corrected chi connectivity index (χ0v) is 14.6. The van der Waals surface area contributed by atoms with Gasteiger partial charge in [-0.3, -0.25) is 0 Å². The quantitative estimate of drug-likeness (QED) is 0.770. The average molecular weight is 370 g/mol. The van der Waals surface area contributed by atoms with Gasteiger partial charge in [0.1, 0.15) is 0 Å². The van der Waals surface area contributed by atoms with E-state index in [2.05, 4.69) is 43.7 Å². The van der Waals surface area contributed by atoms with Crippen LogP contribution in [0, 0.1) is 0 Å². The Morgan fingerprint density at radius 1 is 1.32 bits per heavy atom. The van der Waals surface area contributed by atoms with Gasteiger partial charge in [0.25, 0.3) is 0 Å². The van der Waals surface area contributed by atoms with Gasteiger partial charge in [0, 0.05) is 13.1 Å². The van der Waals surface area contributed by atoms with E-state index in [1.54, 1.807) is 11.8 Å². The molecule has 0 saturated heterocycles. The van der Waals surface area contributed by atoms with Crippen molar-refractivity contribution in [3.8, 4) is 11.5 Å². The molecule has 0 fully saturated rings. The van der Waals surface area contributed by atoms with E-state index in [1.807, 2.05) is 19.1 Å². The zero-order chi connectivity index (χ0) is 15.9. The molecule has 0 aliphatic carbocycles. The number of nitrogens with one attached hydrogen (secondary N) is 1. The first-order valence-electron chi connectivity index (χ1n) is 7.18. The number of rotatable bonds is 8. The molecule has 1 aromatic carbocycles. The smallest absolute Gasteiger partial charge is 0.243 e. The number of nitrogens with zero attached hydrogens (tertiary/aromatic N) is 4. The first kappa shape index (κ1) is 16.5. The van der Waals surface area contributed by atoms with Crippen LogP contribution in [0.3, 0.4) is 0 Å². The Morgan fingerprint density at radius 2 is 2.14 bits per heavy atom. The average Bonchev–Trinajstić information content (AvgIpc) is 2.93. The molecule has 0 bridgehead atoms. The number of benzene rings is 1. The van der Waals surface area contributed by atoms with E-state index in [-0.39, 0.29) is 0 Å². The largest absolute Gasteiger partial charge is 0.492 e. The molecule has 0 amide bonds. The highest BCUT2D eigenvalue weighted by Crippen LogP contribution is 2.36. The third-order valence-corrected chi connectivity index (χ3v) is 3.58. The second kappa shape index (κ2) is 7.98. The van der Waals surface area contributed by atoms with Crippen molar-refractivity contribution in [1.29, 1.82) is 0 Å². The van der Waals surface area contributed by atoms with E-state index in [1.165, 1.54) is 0 Å². The van der Waals surface area contributed by atoms with Gasteiger partial charge in [-0.15, -0.1) is 0 Å². The molecule has 0 spiro atoms. The van der Waals surface area contributed by atoms with Crippen molar-refractivity contribution in [2.45, 2.75) is 33.4 Å². The van der Waals surface area contributed by atoms with Gasteiger partial charge in [-0.25, -0.2) is 4.68 Å². The lowest BCUT2D eigenvalue weighted by Gasteiger charge is -2.13. The van der Waals surface area contributed by atoms with Crippen molar-refractivity contribution >= 4 is 21.9 Å². The highest BCUT2D eigenvalue weighted by Gasteiger charge is 2.12. The molecule has 1 aromatic heterocycles. The number of aryl methyl sites for hydroxylation is 1. The van der Waals surface area contributed by atoms with Crippen molar-refractivity contribution in [1.82, 2.24) is 20.2 Å². The van der Waals surface area contributed by atoms with Crippen LogP contribution in [0.4, 0.5) is 5.95 Å². The molecule has 2 aromatic rings. The van der Waals surface area contributed by atoms with E-state index in [0.717, 1.165) is 23.0 Å². The van der Waals surface area contributed by atoms with Gasteiger partial charge < -0.3 is 14.8 Å². The van der Waals surface area contributed by atoms with Crippen LogP contribution >= 0.6 is 15.9 Å². The highest BCUT2D eigenvalue weighted by molar-refractivity contribution is 9.10. The first-order chi connectivity index (χ1) is 10.7. The van der Waals surface area contributed by atoms with E-state index >= 15 is 0 Å². The number of ether oxygens (including phenoxy) is 2. The molecule has 120 valence electrons. The lowest BCUT2D eigenvalue weighted by molar-refractivity contribution is 0.309. The number of tetrazole rings is 1. The fraction of sp³-hybridized carbons (Fsp3) is 0.500. The molecule has 1 heterocycles. The summed E-state index contributed by atoms with van der Waals surface area (Å²) in [4.78, 5) is 0. The Bertz CT molecular complexity index is 617. The fourth-order valence-corrected chi connectivity index (χ4v) is 2.71. The SMILES string of the molecule is CCCn1nnnc1NCc1cc(Br)c(OC)c(OCC)c1. The topological polar surface area (TPSA) is 74.1 Å². The molecule has 2 rings (SSSR count). The number of methoxy groups -OCH3 is 1. The van der Waals surface area contributed by atoms with E-state index in [9.17, 15) is 0 Å². The van der Waals surface area contributed by atoms with Crippen LogP contribution < -0.4 is 14.8 Å². The summed E-state index contributed by atoms with van der Waals surface area (Å²) in [5.41, 5.74) is 1.04. The minimum absolute atomic E-state index is 0.578. The Kier molecular flexibility index (Phi) is 6.00. The second-order valence-electron chi connectivity index (χ2n) is 4.62. The van der Waals surface area contributed by atoms with E-state index < -0.39 is 0 Å². The molecular formula is C14H20BrN5O2. The van der Waals surface area contributed by atoms with Crippen molar-refractivity contribution < 1.29 is 9.47 Å². The van der Waals surface area contributed by atoms with Gasteiger partial charge in [0.2, 0.25) is 5.95 Å². The minimum Gasteiger partial charge on any atom is -0.492 e. The van der Waals surface area contributed by atoms with Gasteiger partial charge in [-0.2, -0.15) is 0 Å². The third-order valence-electron chi connectivity index (χ3n) is 2.99. The predicted molar refractivity (Wildman–Crippen MR) is 87.3 cm³/mol. The molecule has 22 heavy (non-hydrogen) atoms. The first-order valence-corrected chi connectivity index (χ1v) is 7.98. The summed E-state index contributed by atoms with van der Waals surface area (Å²) in [6.07, 6.45) is 0.974. The minimum atomic E-state index is 0.578. The van der Waals surface area contributed by atoms with Gasteiger partial charge >= 0.3 is 0 Å². The molecule has 0 aliphatic heterocycles. The highest BCUT2D eigenvalue weighted by atomic mass is 79.9. The molecular weight excluding hydrogens is 350 g/mol. The number of halogens is 1. The molecule has 0 aliphatic rings. The summed E-state index contributed by atoms with van der Waals surface area (Å²) >= 11 is 3.51. The van der Waals surface area contributed by atoms with Crippen LogP contribution in [0.5, 0.6) is 11.5 Å². The Balaban J connectivity index is 2.14. The van der Waals surface area contributed by atoms with Crippen LogP contribution in [0.25, 0.3) is 0 Å². The molecule has 0 unspecified atom stereocenters. The third kappa shape index (κ3) is 3.88. The molecule has 0 saturated carbocycles. The summed E-state index contributed by atoms with van der Waals surface area (Å²) in [7, 11) is 1.62. The Labute approximate surface area is 138 Å². The van der Waals surface area contributed by atoms with Crippen molar-refractivity contribution in [2.24, 2.45) is 0 Å². The summed E-state index contributed by atoms with van der Waals surface area (Å²) in [6.45, 7) is 5.98. The van der Waals surface area contributed by atoms with Gasteiger partial charge in [0.05, 0.1) is 18.2 Å². The maximum absolute atomic E-state index is 5.62. The van der Waals surface area contributed by atoms with Crippen LogP contribution in [-0.2, 0) is 13.1 Å². The van der Waals surface area contributed by atoms with Crippen molar-refractivity contribution in [3.05, 3.63) is 22.2 Å². The van der Waals surface area contributed by atoms with Crippen LogP contribution in [0.1, 0.15) is 25.8 Å². The van der Waals surface area contributed by atoms with Crippen LogP contribution in [0.2, 0.25) is 0 Å². The standard InChI is InChI=1S/C14H20BrN5O2/c1-4-6-20-14(17-18-19-20)16-9-10-7-11(15)13(21-3)12(8-10)22-5-2/h7-8H,4-6,9H2,1-3H3,(H,16,17,19). The van der Waals surface area contributed by atoms with Crippen LogP contribution in [0.15, 0.2) is 16.6 Å². The fourth-order valence-electron chi connectivity index (χ4n) is 2.06. The summed E-state index contributed by atoms with van der Waals surface area (Å²) in [5.74, 6) is 2.07. The van der Waals surface area contributed by atoms with Crippen molar-refractivity contribution in [3.63, 3.8) is 0 Å². The van der Waals surface area contributed by atoms with E-state index in [0.29, 0.717) is 30.6 Å². The molecule has 7 nitrogen and oxygen atoms in total. The van der Waals surface area contributed by atoms with Crippen molar-refractivity contribution in [2.75, 3.05) is 19.0 Å². The number of aromatic nitrogens is 4. The lowest BCUT2D eigenvalue weighted by atomic mass is 10.2. The zero-order valence-electron chi connectivity index (χ0n) is 13.0. The summed E-state index contributed by atoms with van der Waals surface area (Å²) < 4.78 is 13.6. The monoisotopic (exact) mass is 369 g/mol. The Hall–Kier alpha value is -1.83. The van der Waals surface area contributed by atoms with Gasteiger partial charge in [-0.05, 0) is 57.4 Å². The summed E-state index contributed by atoms with van der Waals surface area (Å²) in [5, 5.41) is 14.9.